The maximum absolute atomic E-state index is 12.6. The molecule has 2 aliphatic rings. The van der Waals surface area contributed by atoms with Crippen LogP contribution >= 0.6 is 0 Å². The van der Waals surface area contributed by atoms with E-state index in [1.54, 1.807) is 13.4 Å². The zero-order chi connectivity index (χ0) is 19.6. The van der Waals surface area contributed by atoms with Gasteiger partial charge >= 0.3 is 0 Å². The largest absolute Gasteiger partial charge is 0.483 e. The van der Waals surface area contributed by atoms with E-state index < -0.39 is 0 Å². The average Bonchev–Trinajstić information content (AvgIpc) is 3.12. The smallest absolute Gasteiger partial charge is 0.290 e. The van der Waals surface area contributed by atoms with Gasteiger partial charge in [0.05, 0.1) is 37.8 Å². The first kappa shape index (κ1) is 20.8. The molecule has 150 valence electrons. The number of fused-ring (bicyclic) bond motifs is 1. The minimum Gasteiger partial charge on any atom is -0.483 e. The lowest BCUT2D eigenvalue weighted by Gasteiger charge is -2.32. The Morgan fingerprint density at radius 1 is 1.44 bits per heavy atom. The number of amides is 2. The Labute approximate surface area is 157 Å². The van der Waals surface area contributed by atoms with Crippen molar-refractivity contribution in [1.82, 2.24) is 19.8 Å². The summed E-state index contributed by atoms with van der Waals surface area (Å²) < 4.78 is 12.2. The van der Waals surface area contributed by atoms with Gasteiger partial charge in [0.2, 0.25) is 5.91 Å². The van der Waals surface area contributed by atoms with Crippen molar-refractivity contribution in [3.8, 4) is 0 Å². The fourth-order valence-corrected chi connectivity index (χ4v) is 3.25. The Balaban J connectivity index is 0.000000817. The Morgan fingerprint density at radius 2 is 2.15 bits per heavy atom. The molecule has 2 N–H and O–H groups in total. The fourth-order valence-electron chi connectivity index (χ4n) is 3.25. The van der Waals surface area contributed by atoms with Crippen molar-refractivity contribution in [1.29, 1.82) is 0 Å². The monoisotopic (exact) mass is 382 g/mol. The van der Waals surface area contributed by atoms with E-state index in [4.69, 9.17) is 19.4 Å². The lowest BCUT2D eigenvalue weighted by Crippen LogP contribution is -2.45. The number of aromatic nitrogens is 2. The molecular weight excluding hydrogens is 356 g/mol. The van der Waals surface area contributed by atoms with Crippen LogP contribution in [0, 0.1) is 5.92 Å². The predicted molar refractivity (Wildman–Crippen MR) is 94.3 cm³/mol. The molecule has 0 radical (unpaired) electrons. The number of carbonyl (C=O) groups is 3. The number of nitrogens with one attached hydrogen (secondary N) is 1. The minimum absolute atomic E-state index is 0.0470. The van der Waals surface area contributed by atoms with E-state index in [9.17, 15) is 9.59 Å². The molecule has 2 aliphatic heterocycles. The molecule has 3 rings (SSSR count). The number of imidazole rings is 1. The van der Waals surface area contributed by atoms with E-state index >= 15 is 0 Å². The summed E-state index contributed by atoms with van der Waals surface area (Å²) in [5, 5.41) is 9.68. The third-order valence-electron chi connectivity index (χ3n) is 4.57. The SMILES string of the molecule is COCCNC(=O)c1ncn2c1CCC(C(=O)N1CCOCC1)C2.O=CO. The number of hydrogen-bond acceptors (Lipinski definition) is 6. The molecule has 0 aromatic carbocycles. The summed E-state index contributed by atoms with van der Waals surface area (Å²) in [6.45, 7) is 3.82. The highest BCUT2D eigenvalue weighted by atomic mass is 16.5. The maximum atomic E-state index is 12.6. The van der Waals surface area contributed by atoms with Crippen LogP contribution in [0.3, 0.4) is 0 Å². The summed E-state index contributed by atoms with van der Waals surface area (Å²) in [7, 11) is 1.59. The summed E-state index contributed by atoms with van der Waals surface area (Å²) in [4.78, 5) is 39.3. The summed E-state index contributed by atoms with van der Waals surface area (Å²) >= 11 is 0. The number of hydrogen-bond donors (Lipinski definition) is 2. The summed E-state index contributed by atoms with van der Waals surface area (Å²) in [5.74, 6) is -0.0447. The van der Waals surface area contributed by atoms with Crippen molar-refractivity contribution in [2.24, 2.45) is 5.92 Å². The number of rotatable bonds is 5. The van der Waals surface area contributed by atoms with Gasteiger partial charge in [-0.15, -0.1) is 0 Å². The lowest BCUT2D eigenvalue weighted by molar-refractivity contribution is -0.140. The Bertz CT molecular complexity index is 641. The molecule has 1 aromatic rings. The van der Waals surface area contributed by atoms with Crippen LogP contribution in [-0.2, 0) is 32.0 Å². The average molecular weight is 382 g/mol. The Kier molecular flexibility index (Phi) is 8.21. The van der Waals surface area contributed by atoms with E-state index in [0.29, 0.717) is 58.1 Å². The number of methoxy groups -OCH3 is 1. The number of morpholine rings is 1. The quantitative estimate of drug-likeness (QED) is 0.514. The number of ether oxygens (including phenoxy) is 2. The van der Waals surface area contributed by atoms with Crippen molar-refractivity contribution in [2.75, 3.05) is 46.6 Å². The zero-order valence-corrected chi connectivity index (χ0v) is 15.4. The van der Waals surface area contributed by atoms with E-state index in [0.717, 1.165) is 12.1 Å². The zero-order valence-electron chi connectivity index (χ0n) is 15.4. The molecule has 0 bridgehead atoms. The second-order valence-electron chi connectivity index (χ2n) is 6.22. The van der Waals surface area contributed by atoms with Crippen molar-refractivity contribution in [2.45, 2.75) is 19.4 Å². The van der Waals surface area contributed by atoms with Crippen LogP contribution < -0.4 is 5.32 Å². The van der Waals surface area contributed by atoms with E-state index in [1.165, 1.54) is 0 Å². The van der Waals surface area contributed by atoms with Gasteiger partial charge in [0.1, 0.15) is 5.69 Å². The molecule has 2 amide bonds. The van der Waals surface area contributed by atoms with Gasteiger partial charge in [0, 0.05) is 33.3 Å². The van der Waals surface area contributed by atoms with E-state index in [2.05, 4.69) is 10.3 Å². The highest BCUT2D eigenvalue weighted by molar-refractivity contribution is 5.93. The highest BCUT2D eigenvalue weighted by Gasteiger charge is 2.31. The van der Waals surface area contributed by atoms with Crippen molar-refractivity contribution < 1.29 is 29.0 Å². The highest BCUT2D eigenvalue weighted by Crippen LogP contribution is 2.24. The standard InChI is InChI=1S/C16H24N4O4.CH2O2/c1-23-7-4-17-15(21)14-13-3-2-12(10-20(13)11-18-14)16(22)19-5-8-24-9-6-19;2-1-3/h11-12H,2-10H2,1H3,(H,17,21);1H,(H,2,3). The van der Waals surface area contributed by atoms with Gasteiger partial charge < -0.3 is 29.4 Å². The van der Waals surface area contributed by atoms with Crippen molar-refractivity contribution >= 4 is 18.3 Å². The number of carbonyl (C=O) groups excluding carboxylic acids is 2. The number of carboxylic acid groups (broad SMARTS) is 1. The van der Waals surface area contributed by atoms with Crippen LogP contribution in [0.2, 0.25) is 0 Å². The predicted octanol–water partition coefficient (Wildman–Crippen LogP) is -0.619. The number of nitrogens with zero attached hydrogens (tertiary/aromatic N) is 3. The first-order valence-electron chi connectivity index (χ1n) is 8.87. The van der Waals surface area contributed by atoms with Crippen molar-refractivity contribution in [3.05, 3.63) is 17.7 Å². The molecule has 0 spiro atoms. The first-order chi connectivity index (χ1) is 13.1. The summed E-state index contributed by atoms with van der Waals surface area (Å²) in [5.41, 5.74) is 1.37. The second kappa shape index (κ2) is 10.6. The van der Waals surface area contributed by atoms with Crippen molar-refractivity contribution in [3.63, 3.8) is 0 Å². The van der Waals surface area contributed by atoms with Gasteiger partial charge in [0.25, 0.3) is 12.4 Å². The lowest BCUT2D eigenvalue weighted by atomic mass is 9.95. The molecule has 3 heterocycles. The van der Waals surface area contributed by atoms with Gasteiger partial charge in [-0.3, -0.25) is 14.4 Å². The van der Waals surface area contributed by atoms with E-state index in [1.807, 2.05) is 9.47 Å². The molecule has 1 fully saturated rings. The minimum atomic E-state index is -0.250. The van der Waals surface area contributed by atoms with Crippen LogP contribution in [0.25, 0.3) is 0 Å². The third-order valence-corrected chi connectivity index (χ3v) is 4.57. The van der Waals surface area contributed by atoms with Crippen LogP contribution in [-0.4, -0.2) is 84.4 Å². The summed E-state index contributed by atoms with van der Waals surface area (Å²) in [6, 6.07) is 0. The molecule has 10 heteroatoms. The Morgan fingerprint density at radius 3 is 2.81 bits per heavy atom. The first-order valence-corrected chi connectivity index (χ1v) is 8.87. The van der Waals surface area contributed by atoms with Crippen LogP contribution in [0.5, 0.6) is 0 Å². The molecule has 1 saturated heterocycles. The fraction of sp³-hybridized carbons (Fsp3) is 0.647. The van der Waals surface area contributed by atoms with Gasteiger partial charge in [-0.05, 0) is 12.8 Å². The normalized spacial score (nSPS) is 18.7. The van der Waals surface area contributed by atoms with Gasteiger partial charge in [-0.25, -0.2) is 4.98 Å². The molecule has 1 unspecified atom stereocenters. The molecule has 1 aromatic heterocycles. The molecular formula is C17H26N4O6. The van der Waals surface area contributed by atoms with Gasteiger partial charge in [-0.1, -0.05) is 0 Å². The molecule has 1 atom stereocenters. The third kappa shape index (κ3) is 5.51. The summed E-state index contributed by atoms with van der Waals surface area (Å²) in [6.07, 6.45) is 3.10. The molecule has 0 saturated carbocycles. The molecule has 0 aliphatic carbocycles. The topological polar surface area (TPSA) is 123 Å². The van der Waals surface area contributed by atoms with Gasteiger partial charge in [-0.2, -0.15) is 0 Å². The second-order valence-corrected chi connectivity index (χ2v) is 6.22. The molecule has 27 heavy (non-hydrogen) atoms. The van der Waals surface area contributed by atoms with Crippen LogP contribution in [0.15, 0.2) is 6.33 Å². The van der Waals surface area contributed by atoms with Crippen LogP contribution in [0.4, 0.5) is 0 Å². The van der Waals surface area contributed by atoms with Crippen LogP contribution in [0.1, 0.15) is 22.6 Å². The Hall–Kier alpha value is -2.46. The molecule has 10 nitrogen and oxygen atoms in total. The van der Waals surface area contributed by atoms with Gasteiger partial charge in [0.15, 0.2) is 0 Å². The maximum Gasteiger partial charge on any atom is 0.290 e. The van der Waals surface area contributed by atoms with E-state index in [-0.39, 0.29) is 24.2 Å².